The van der Waals surface area contributed by atoms with Crippen molar-refractivity contribution in [3.05, 3.63) is 52.5 Å². The van der Waals surface area contributed by atoms with Crippen LogP contribution in [0.3, 0.4) is 0 Å². The molecule has 2 aromatic rings. The molecule has 0 saturated carbocycles. The quantitative estimate of drug-likeness (QED) is 0.908. The Morgan fingerprint density at radius 1 is 1.25 bits per heavy atom. The van der Waals surface area contributed by atoms with Crippen LogP contribution in [0.5, 0.6) is 11.5 Å². The summed E-state index contributed by atoms with van der Waals surface area (Å²) in [5.41, 5.74) is 1.67. The van der Waals surface area contributed by atoms with Crippen LogP contribution in [0, 0.1) is 6.92 Å². The van der Waals surface area contributed by atoms with Crippen LogP contribution in [0.25, 0.3) is 0 Å². The number of amides is 1. The molecule has 2 aromatic carbocycles. The molecule has 0 aromatic heterocycles. The zero-order valence-corrected chi connectivity index (χ0v) is 11.9. The van der Waals surface area contributed by atoms with E-state index in [1.165, 1.54) is 19.2 Å². The fraction of sp³-hybridized carbons (Fsp3) is 0.133. The zero-order valence-electron chi connectivity index (χ0n) is 11.1. The van der Waals surface area contributed by atoms with Crippen molar-refractivity contribution in [2.24, 2.45) is 0 Å². The second-order valence-electron chi connectivity index (χ2n) is 4.30. The van der Waals surface area contributed by atoms with Crippen molar-refractivity contribution < 1.29 is 14.6 Å². The maximum absolute atomic E-state index is 12.1. The maximum Gasteiger partial charge on any atom is 0.259 e. The molecule has 0 aliphatic heterocycles. The van der Waals surface area contributed by atoms with E-state index in [0.717, 1.165) is 5.56 Å². The van der Waals surface area contributed by atoms with E-state index in [0.29, 0.717) is 16.5 Å². The summed E-state index contributed by atoms with van der Waals surface area (Å²) in [7, 11) is 1.49. The van der Waals surface area contributed by atoms with E-state index in [2.05, 4.69) is 5.32 Å². The number of ether oxygens (including phenoxy) is 1. The summed E-state index contributed by atoms with van der Waals surface area (Å²) in [5.74, 6) is -0.0671. The highest BCUT2D eigenvalue weighted by atomic mass is 35.5. The highest BCUT2D eigenvalue weighted by Gasteiger charge is 2.12. The van der Waals surface area contributed by atoms with E-state index < -0.39 is 5.91 Å². The smallest absolute Gasteiger partial charge is 0.259 e. The number of methoxy groups -OCH3 is 1. The Kier molecular flexibility index (Phi) is 4.15. The second kappa shape index (κ2) is 5.84. The predicted molar refractivity (Wildman–Crippen MR) is 78.8 cm³/mol. The van der Waals surface area contributed by atoms with Gasteiger partial charge in [0.2, 0.25) is 0 Å². The lowest BCUT2D eigenvalue weighted by atomic mass is 10.1. The van der Waals surface area contributed by atoms with E-state index >= 15 is 0 Å². The van der Waals surface area contributed by atoms with Crippen molar-refractivity contribution in [2.75, 3.05) is 12.4 Å². The molecule has 0 saturated heterocycles. The lowest BCUT2D eigenvalue weighted by molar-refractivity contribution is 0.102. The van der Waals surface area contributed by atoms with Gasteiger partial charge in [0.1, 0.15) is 11.5 Å². The SMILES string of the molecule is COc1ccc(C(=O)Nc2ccc(C)c(Cl)c2)c(O)c1. The average molecular weight is 292 g/mol. The molecule has 0 atom stereocenters. The van der Waals surface area contributed by atoms with Crippen LogP contribution >= 0.6 is 11.6 Å². The van der Waals surface area contributed by atoms with Gasteiger partial charge >= 0.3 is 0 Å². The average Bonchev–Trinajstić information content (AvgIpc) is 2.42. The molecule has 0 unspecified atom stereocenters. The molecule has 0 fully saturated rings. The Morgan fingerprint density at radius 2 is 2.00 bits per heavy atom. The molecule has 5 heteroatoms. The minimum absolute atomic E-state index is 0.139. The molecule has 2 rings (SSSR count). The molecule has 0 aliphatic rings. The molecule has 0 bridgehead atoms. The number of halogens is 1. The molecule has 0 radical (unpaired) electrons. The fourth-order valence-electron chi connectivity index (χ4n) is 1.70. The van der Waals surface area contributed by atoms with Crippen LogP contribution in [0.4, 0.5) is 5.69 Å². The normalized spacial score (nSPS) is 10.2. The third-order valence-corrected chi connectivity index (χ3v) is 3.29. The highest BCUT2D eigenvalue weighted by molar-refractivity contribution is 6.31. The lowest BCUT2D eigenvalue weighted by Gasteiger charge is -2.09. The summed E-state index contributed by atoms with van der Waals surface area (Å²) < 4.78 is 4.97. The molecule has 1 amide bonds. The topological polar surface area (TPSA) is 58.6 Å². The number of nitrogens with one attached hydrogen (secondary N) is 1. The molecule has 20 heavy (non-hydrogen) atoms. The van der Waals surface area contributed by atoms with Crippen molar-refractivity contribution in [3.63, 3.8) is 0 Å². The molecule has 2 N–H and O–H groups in total. The van der Waals surface area contributed by atoms with Crippen LogP contribution in [0.15, 0.2) is 36.4 Å². The van der Waals surface area contributed by atoms with E-state index in [1.807, 2.05) is 13.0 Å². The van der Waals surface area contributed by atoms with Gasteiger partial charge in [-0.2, -0.15) is 0 Å². The van der Waals surface area contributed by atoms with Crippen LogP contribution in [-0.4, -0.2) is 18.1 Å². The molecule has 4 nitrogen and oxygen atoms in total. The number of carbonyl (C=O) groups is 1. The maximum atomic E-state index is 12.1. The van der Waals surface area contributed by atoms with Crippen molar-refractivity contribution >= 4 is 23.2 Å². The van der Waals surface area contributed by atoms with Crippen molar-refractivity contribution in [2.45, 2.75) is 6.92 Å². The van der Waals surface area contributed by atoms with Gasteiger partial charge in [-0.25, -0.2) is 0 Å². The summed E-state index contributed by atoms with van der Waals surface area (Å²) in [6.07, 6.45) is 0. The van der Waals surface area contributed by atoms with E-state index in [-0.39, 0.29) is 11.3 Å². The molecular weight excluding hydrogens is 278 g/mol. The number of carbonyl (C=O) groups excluding carboxylic acids is 1. The van der Waals surface area contributed by atoms with Crippen LogP contribution < -0.4 is 10.1 Å². The predicted octanol–water partition coefficient (Wildman–Crippen LogP) is 3.61. The summed E-state index contributed by atoms with van der Waals surface area (Å²) in [6, 6.07) is 9.72. The lowest BCUT2D eigenvalue weighted by Crippen LogP contribution is -2.12. The number of hydrogen-bond acceptors (Lipinski definition) is 3. The number of rotatable bonds is 3. The van der Waals surface area contributed by atoms with Crippen molar-refractivity contribution in [1.82, 2.24) is 0 Å². The van der Waals surface area contributed by atoms with Gasteiger partial charge in [0.15, 0.2) is 0 Å². The summed E-state index contributed by atoms with van der Waals surface area (Å²) >= 11 is 6.00. The van der Waals surface area contributed by atoms with E-state index in [9.17, 15) is 9.90 Å². The summed E-state index contributed by atoms with van der Waals surface area (Å²) in [6.45, 7) is 1.88. The number of phenolic OH excluding ortho intramolecular Hbond substituents is 1. The third kappa shape index (κ3) is 3.03. The van der Waals surface area contributed by atoms with Gasteiger partial charge in [-0.3, -0.25) is 4.79 Å². The van der Waals surface area contributed by atoms with Crippen molar-refractivity contribution in [1.29, 1.82) is 0 Å². The monoisotopic (exact) mass is 291 g/mol. The Bertz CT molecular complexity index is 656. The molecular formula is C15H14ClNO3. The van der Waals surface area contributed by atoms with Gasteiger partial charge in [-0.05, 0) is 36.8 Å². The largest absolute Gasteiger partial charge is 0.507 e. The molecule has 0 heterocycles. The fourth-order valence-corrected chi connectivity index (χ4v) is 1.88. The minimum atomic E-state index is -0.412. The first kappa shape index (κ1) is 14.2. The molecule has 0 spiro atoms. The van der Waals surface area contributed by atoms with Crippen LogP contribution in [0.2, 0.25) is 5.02 Å². The Labute approximate surface area is 122 Å². The first-order chi connectivity index (χ1) is 9.51. The zero-order chi connectivity index (χ0) is 14.7. The van der Waals surface area contributed by atoms with Gasteiger partial charge in [0, 0.05) is 16.8 Å². The Morgan fingerprint density at radius 3 is 2.60 bits per heavy atom. The van der Waals surface area contributed by atoms with Gasteiger partial charge in [-0.1, -0.05) is 17.7 Å². The van der Waals surface area contributed by atoms with Crippen molar-refractivity contribution in [3.8, 4) is 11.5 Å². The number of phenols is 1. The van der Waals surface area contributed by atoms with Gasteiger partial charge < -0.3 is 15.2 Å². The first-order valence-electron chi connectivity index (χ1n) is 5.96. The first-order valence-corrected chi connectivity index (χ1v) is 6.33. The Balaban J connectivity index is 2.21. The highest BCUT2D eigenvalue weighted by Crippen LogP contribution is 2.25. The standard InChI is InChI=1S/C15H14ClNO3/c1-9-3-4-10(7-13(9)16)17-15(19)12-6-5-11(20-2)8-14(12)18/h3-8,18H,1-2H3,(H,17,19). The van der Waals surface area contributed by atoms with Gasteiger partial charge in [0.05, 0.1) is 12.7 Å². The number of benzene rings is 2. The van der Waals surface area contributed by atoms with Crippen LogP contribution in [-0.2, 0) is 0 Å². The number of aryl methyl sites for hydroxylation is 1. The van der Waals surface area contributed by atoms with E-state index in [1.54, 1.807) is 18.2 Å². The summed E-state index contributed by atoms with van der Waals surface area (Å²) in [4.78, 5) is 12.1. The third-order valence-electron chi connectivity index (χ3n) is 2.88. The van der Waals surface area contributed by atoms with Gasteiger partial charge in [-0.15, -0.1) is 0 Å². The Hall–Kier alpha value is -2.20. The number of aromatic hydroxyl groups is 1. The minimum Gasteiger partial charge on any atom is -0.507 e. The second-order valence-corrected chi connectivity index (χ2v) is 4.71. The molecule has 104 valence electrons. The number of anilines is 1. The molecule has 0 aliphatic carbocycles. The van der Waals surface area contributed by atoms with Crippen LogP contribution in [0.1, 0.15) is 15.9 Å². The van der Waals surface area contributed by atoms with Gasteiger partial charge in [0.25, 0.3) is 5.91 Å². The van der Waals surface area contributed by atoms with E-state index in [4.69, 9.17) is 16.3 Å². The summed E-state index contributed by atoms with van der Waals surface area (Å²) in [5, 5.41) is 13.1. The number of hydrogen-bond donors (Lipinski definition) is 2.